The van der Waals surface area contributed by atoms with E-state index in [0.717, 1.165) is 31.9 Å². The lowest BCUT2D eigenvalue weighted by Gasteiger charge is -2.32. The normalized spacial score (nSPS) is 15.1. The van der Waals surface area contributed by atoms with Gasteiger partial charge in [-0.1, -0.05) is 18.2 Å². The van der Waals surface area contributed by atoms with Gasteiger partial charge in [0.1, 0.15) is 24.4 Å². The molecule has 1 fully saturated rings. The summed E-state index contributed by atoms with van der Waals surface area (Å²) in [4.78, 5) is 8.25. The Morgan fingerprint density at radius 3 is 2.29 bits per heavy atom. The van der Waals surface area contributed by atoms with E-state index < -0.39 is 0 Å². The third kappa shape index (κ3) is 2.80. The van der Waals surface area contributed by atoms with Crippen molar-refractivity contribution in [3.63, 3.8) is 0 Å². The number of benzene rings is 2. The summed E-state index contributed by atoms with van der Waals surface area (Å²) in [6.07, 6.45) is 0. The second-order valence-corrected chi connectivity index (χ2v) is 6.33. The Kier molecular flexibility index (Phi) is 3.81. The van der Waals surface area contributed by atoms with E-state index in [-0.39, 0.29) is 5.82 Å². The maximum absolute atomic E-state index is 13.1. The lowest BCUT2D eigenvalue weighted by molar-refractivity contribution is -0.330. The number of pyridine rings is 1. The summed E-state index contributed by atoms with van der Waals surface area (Å²) in [6.45, 7) is 5.93. The Balaban J connectivity index is 1.52. The van der Waals surface area contributed by atoms with Gasteiger partial charge in [0.25, 0.3) is 5.82 Å². The van der Waals surface area contributed by atoms with Crippen LogP contribution in [0.4, 0.5) is 15.9 Å². The van der Waals surface area contributed by atoms with Gasteiger partial charge in [0, 0.05) is 17.1 Å². The molecule has 3 aromatic rings. The smallest absolute Gasteiger partial charge is 0.275 e. The number of piperazine rings is 1. The van der Waals surface area contributed by atoms with Crippen molar-refractivity contribution in [3.05, 3.63) is 66.0 Å². The highest BCUT2D eigenvalue weighted by atomic mass is 19.1. The maximum atomic E-state index is 13.1. The van der Waals surface area contributed by atoms with Crippen molar-refractivity contribution in [2.24, 2.45) is 0 Å². The summed E-state index contributed by atoms with van der Waals surface area (Å²) in [5.74, 6) is 0.989. The van der Waals surface area contributed by atoms with Gasteiger partial charge in [0.15, 0.2) is 0 Å². The van der Waals surface area contributed by atoms with Crippen LogP contribution in [-0.2, 0) is 0 Å². The zero-order valence-electron chi connectivity index (χ0n) is 13.8. The summed E-state index contributed by atoms with van der Waals surface area (Å²) in [5.41, 5.74) is 3.56. The highest BCUT2D eigenvalue weighted by Crippen LogP contribution is 2.22. The van der Waals surface area contributed by atoms with E-state index in [9.17, 15) is 4.39 Å². The van der Waals surface area contributed by atoms with E-state index >= 15 is 0 Å². The van der Waals surface area contributed by atoms with Gasteiger partial charge < -0.3 is 4.90 Å². The van der Waals surface area contributed by atoms with E-state index in [1.54, 1.807) is 0 Å². The first-order valence-corrected chi connectivity index (χ1v) is 8.38. The molecule has 0 radical (unpaired) electrons. The minimum absolute atomic E-state index is 0.182. The number of anilines is 2. The highest BCUT2D eigenvalue weighted by Gasteiger charge is 2.24. The van der Waals surface area contributed by atoms with Crippen molar-refractivity contribution in [2.45, 2.75) is 6.92 Å². The van der Waals surface area contributed by atoms with Gasteiger partial charge in [-0.05, 0) is 42.8 Å². The molecule has 1 aliphatic heterocycles. The standard InChI is InChI=1S/C20H20FN3/c1-15-14-20(22-19-5-3-2-4-18(15)19)24-12-10-23(11-13-24)17-8-6-16(21)7-9-17/h2-9,14H,10-13H2,1H3/p+1. The van der Waals surface area contributed by atoms with E-state index in [1.165, 1.54) is 34.4 Å². The van der Waals surface area contributed by atoms with Crippen molar-refractivity contribution in [1.29, 1.82) is 0 Å². The predicted molar refractivity (Wildman–Crippen MR) is 96.1 cm³/mol. The number of rotatable bonds is 2. The largest absolute Gasteiger partial charge is 0.364 e. The molecule has 0 aliphatic carbocycles. The van der Waals surface area contributed by atoms with Gasteiger partial charge in [-0.15, -0.1) is 0 Å². The molecule has 0 atom stereocenters. The van der Waals surface area contributed by atoms with E-state index in [2.05, 4.69) is 52.0 Å². The first-order chi connectivity index (χ1) is 11.7. The summed E-state index contributed by atoms with van der Waals surface area (Å²) in [6, 6.07) is 17.4. The van der Waals surface area contributed by atoms with Gasteiger partial charge in [-0.3, -0.25) is 4.90 Å². The molecule has 4 heteroatoms. The number of fused-ring (bicyclic) bond motifs is 1. The molecule has 1 N–H and O–H groups in total. The van der Waals surface area contributed by atoms with Crippen LogP contribution in [0.2, 0.25) is 0 Å². The average molecular weight is 322 g/mol. The van der Waals surface area contributed by atoms with Crippen LogP contribution >= 0.6 is 0 Å². The minimum Gasteiger partial charge on any atom is -0.364 e. The van der Waals surface area contributed by atoms with E-state index in [0.29, 0.717) is 0 Å². The van der Waals surface area contributed by atoms with Crippen LogP contribution in [0.1, 0.15) is 5.56 Å². The lowest BCUT2D eigenvalue weighted by atomic mass is 10.1. The van der Waals surface area contributed by atoms with Gasteiger partial charge >= 0.3 is 0 Å². The van der Waals surface area contributed by atoms with Crippen LogP contribution in [0.3, 0.4) is 0 Å². The molecule has 0 spiro atoms. The Labute approximate surface area is 141 Å². The van der Waals surface area contributed by atoms with E-state index in [4.69, 9.17) is 0 Å². The van der Waals surface area contributed by atoms with Crippen molar-refractivity contribution in [2.75, 3.05) is 36.0 Å². The van der Waals surface area contributed by atoms with Crippen LogP contribution in [0.15, 0.2) is 54.6 Å². The summed E-state index contributed by atoms with van der Waals surface area (Å²) >= 11 is 0. The SMILES string of the molecule is Cc1cc(N2CCN(c3ccc(F)cc3)CC2)[nH+]c2ccccc12. The number of aryl methyl sites for hydroxylation is 1. The summed E-state index contributed by atoms with van der Waals surface area (Å²) in [5, 5.41) is 1.27. The molecule has 122 valence electrons. The molecule has 2 aromatic carbocycles. The molecule has 2 heterocycles. The van der Waals surface area contributed by atoms with Gasteiger partial charge in [0.05, 0.1) is 13.1 Å². The average Bonchev–Trinajstić information content (AvgIpc) is 2.62. The molecule has 1 aliphatic rings. The van der Waals surface area contributed by atoms with Crippen molar-refractivity contribution >= 4 is 22.4 Å². The first kappa shape index (κ1) is 14.9. The first-order valence-electron chi connectivity index (χ1n) is 8.38. The number of nitrogens with zero attached hydrogens (tertiary/aromatic N) is 2. The second-order valence-electron chi connectivity index (χ2n) is 6.33. The number of aromatic nitrogens is 1. The molecule has 1 saturated heterocycles. The lowest BCUT2D eigenvalue weighted by Crippen LogP contribution is -2.48. The molecule has 4 rings (SSSR count). The predicted octanol–water partition coefficient (Wildman–Crippen LogP) is 3.43. The Morgan fingerprint density at radius 1 is 0.875 bits per heavy atom. The summed E-state index contributed by atoms with van der Waals surface area (Å²) in [7, 11) is 0. The molecule has 0 bridgehead atoms. The number of para-hydroxylation sites is 1. The fourth-order valence-electron chi connectivity index (χ4n) is 3.42. The Bertz CT molecular complexity index is 852. The van der Waals surface area contributed by atoms with Crippen LogP contribution in [0.25, 0.3) is 10.9 Å². The number of H-pyrrole nitrogens is 1. The zero-order valence-corrected chi connectivity index (χ0v) is 13.8. The van der Waals surface area contributed by atoms with Crippen molar-refractivity contribution in [3.8, 4) is 0 Å². The van der Waals surface area contributed by atoms with Gasteiger partial charge in [-0.25, -0.2) is 9.37 Å². The summed E-state index contributed by atoms with van der Waals surface area (Å²) < 4.78 is 13.1. The quantitative estimate of drug-likeness (QED) is 0.720. The third-order valence-corrected chi connectivity index (χ3v) is 4.78. The zero-order chi connectivity index (χ0) is 16.5. The van der Waals surface area contributed by atoms with Crippen LogP contribution in [0, 0.1) is 12.7 Å². The van der Waals surface area contributed by atoms with Crippen LogP contribution in [-0.4, -0.2) is 26.2 Å². The Hall–Kier alpha value is -2.62. The molecular formula is C20H21FN3+. The second kappa shape index (κ2) is 6.11. The molecular weight excluding hydrogens is 301 g/mol. The monoisotopic (exact) mass is 322 g/mol. The number of nitrogens with one attached hydrogen (secondary N) is 1. The number of hydrogen-bond acceptors (Lipinski definition) is 2. The topological polar surface area (TPSA) is 20.6 Å². The third-order valence-electron chi connectivity index (χ3n) is 4.78. The Morgan fingerprint density at radius 2 is 1.54 bits per heavy atom. The number of halogens is 1. The molecule has 24 heavy (non-hydrogen) atoms. The molecule has 0 unspecified atom stereocenters. The van der Waals surface area contributed by atoms with E-state index in [1.807, 2.05) is 12.1 Å². The van der Waals surface area contributed by atoms with Crippen molar-refractivity contribution < 1.29 is 9.37 Å². The maximum Gasteiger partial charge on any atom is 0.275 e. The molecule has 0 amide bonds. The molecule has 1 aromatic heterocycles. The molecule has 0 saturated carbocycles. The fraction of sp³-hybridized carbons (Fsp3) is 0.250. The number of hydrogen-bond donors (Lipinski definition) is 0. The highest BCUT2D eigenvalue weighted by molar-refractivity contribution is 5.80. The van der Waals surface area contributed by atoms with Gasteiger partial charge in [-0.2, -0.15) is 0 Å². The van der Waals surface area contributed by atoms with Crippen LogP contribution in [0.5, 0.6) is 0 Å². The molecule has 3 nitrogen and oxygen atoms in total. The minimum atomic E-state index is -0.182. The van der Waals surface area contributed by atoms with Gasteiger partial charge in [0.2, 0.25) is 0 Å². The fourth-order valence-corrected chi connectivity index (χ4v) is 3.42. The van der Waals surface area contributed by atoms with Crippen molar-refractivity contribution in [1.82, 2.24) is 0 Å². The number of aromatic amines is 1. The van der Waals surface area contributed by atoms with Crippen LogP contribution < -0.4 is 14.8 Å².